The highest BCUT2D eigenvalue weighted by atomic mass is 79.9. The number of piperidine rings is 2. The fourth-order valence-corrected chi connectivity index (χ4v) is 8.11. The van der Waals surface area contributed by atoms with Gasteiger partial charge in [0.2, 0.25) is 0 Å². The molecule has 4 aliphatic rings. The summed E-state index contributed by atoms with van der Waals surface area (Å²) in [6.07, 6.45) is 5.21. The molecule has 11 heteroatoms. The Bertz CT molecular complexity index is 1900. The molecule has 4 fully saturated rings. The van der Waals surface area contributed by atoms with Crippen molar-refractivity contribution in [3.8, 4) is 33.6 Å². The number of aromatic amines is 2. The fraction of sp³-hybridized carbons (Fsp3) is 0.474. The number of H-pyrrole nitrogens is 2. The predicted octanol–water partition coefficient (Wildman–Crippen LogP) is 9.04. The third-order valence-corrected chi connectivity index (χ3v) is 10.6. The van der Waals surface area contributed by atoms with Gasteiger partial charge < -0.3 is 19.4 Å². The Hall–Kier alpha value is -4.12. The topological polar surface area (TPSA) is 116 Å². The van der Waals surface area contributed by atoms with E-state index < -0.39 is 11.2 Å². The Balaban J connectivity index is 0.952. The zero-order valence-electron chi connectivity index (χ0n) is 28.8. The average molecular weight is 728 g/mol. The van der Waals surface area contributed by atoms with Gasteiger partial charge in [-0.1, -0.05) is 48.5 Å². The second kappa shape index (κ2) is 11.5. The lowest BCUT2D eigenvalue weighted by Crippen LogP contribution is -2.38. The molecule has 0 spiro atoms. The molecule has 0 bridgehead atoms. The summed E-state index contributed by atoms with van der Waals surface area (Å²) in [6, 6.07) is 17.1. The number of likely N-dealkylation sites (tertiary alicyclic amines) is 2. The van der Waals surface area contributed by atoms with Gasteiger partial charge in [-0.2, -0.15) is 0 Å². The Labute approximate surface area is 295 Å². The number of nitrogens with one attached hydrogen (secondary N) is 2. The van der Waals surface area contributed by atoms with Crippen molar-refractivity contribution in [2.24, 2.45) is 11.8 Å². The maximum Gasteiger partial charge on any atom is 0.411 e. The molecule has 10 nitrogen and oxygen atoms in total. The van der Waals surface area contributed by atoms with E-state index in [-0.39, 0.29) is 36.4 Å². The maximum absolute atomic E-state index is 13.1. The molecule has 2 saturated heterocycles. The average Bonchev–Trinajstić information content (AvgIpc) is 3.67. The minimum absolute atomic E-state index is 0.0940. The van der Waals surface area contributed by atoms with E-state index in [1.54, 1.807) is 0 Å². The van der Waals surface area contributed by atoms with Crippen LogP contribution >= 0.6 is 15.9 Å². The summed E-state index contributed by atoms with van der Waals surface area (Å²) < 4.78 is 12.3. The van der Waals surface area contributed by atoms with Crippen molar-refractivity contribution in [2.45, 2.75) is 103 Å². The molecule has 6 atom stereocenters. The minimum atomic E-state index is -0.545. The molecule has 2 saturated carbocycles. The van der Waals surface area contributed by atoms with Crippen LogP contribution in [0.1, 0.15) is 91.0 Å². The molecule has 2 N–H and O–H groups in total. The number of carbonyl (C=O) groups excluding carboxylic acids is 2. The molecular weight excluding hydrogens is 684 g/mol. The van der Waals surface area contributed by atoms with Crippen LogP contribution in [0.25, 0.3) is 33.6 Å². The molecule has 2 aliphatic carbocycles. The number of nitrogens with zero attached hydrogens (tertiary/aromatic N) is 4. The summed E-state index contributed by atoms with van der Waals surface area (Å²) in [5.41, 5.74) is 4.87. The Morgan fingerprint density at radius 3 is 1.67 bits per heavy atom. The Kier molecular flexibility index (Phi) is 7.51. The van der Waals surface area contributed by atoms with Crippen molar-refractivity contribution in [3.63, 3.8) is 0 Å². The Morgan fingerprint density at radius 2 is 1.16 bits per heavy atom. The highest BCUT2D eigenvalue weighted by Crippen LogP contribution is 2.55. The van der Waals surface area contributed by atoms with Gasteiger partial charge in [-0.05, 0) is 112 Å². The molecule has 8 rings (SSSR count). The van der Waals surface area contributed by atoms with Gasteiger partial charge >= 0.3 is 12.2 Å². The summed E-state index contributed by atoms with van der Waals surface area (Å²) in [4.78, 5) is 46.5. The van der Waals surface area contributed by atoms with E-state index in [4.69, 9.17) is 19.4 Å². The summed E-state index contributed by atoms with van der Waals surface area (Å²) in [5.74, 6) is 2.63. The van der Waals surface area contributed by atoms with Gasteiger partial charge in [0.15, 0.2) is 0 Å². The highest BCUT2D eigenvalue weighted by molar-refractivity contribution is 9.10. The molecule has 4 heterocycles. The van der Waals surface area contributed by atoms with Crippen LogP contribution in [0.4, 0.5) is 9.59 Å². The van der Waals surface area contributed by atoms with Crippen LogP contribution in [-0.4, -0.2) is 65.2 Å². The number of carbonyl (C=O) groups is 2. The van der Waals surface area contributed by atoms with E-state index >= 15 is 0 Å². The number of imidazole rings is 2. The van der Waals surface area contributed by atoms with Crippen LogP contribution in [0.5, 0.6) is 0 Å². The second-order valence-corrected chi connectivity index (χ2v) is 16.8. The smallest absolute Gasteiger partial charge is 0.411 e. The number of benzene rings is 2. The molecule has 256 valence electrons. The van der Waals surface area contributed by atoms with Gasteiger partial charge in [0.1, 0.15) is 33.1 Å². The number of ether oxygens (including phenoxy) is 2. The van der Waals surface area contributed by atoms with Crippen LogP contribution in [0.3, 0.4) is 0 Å². The van der Waals surface area contributed by atoms with Gasteiger partial charge in [-0.3, -0.25) is 9.80 Å². The molecule has 4 aromatic rings. The lowest BCUT2D eigenvalue weighted by atomic mass is 10.0. The summed E-state index contributed by atoms with van der Waals surface area (Å²) >= 11 is 3.69. The van der Waals surface area contributed by atoms with E-state index in [1.165, 1.54) is 0 Å². The molecule has 0 radical (unpaired) electrons. The number of fused-ring (bicyclic) bond motifs is 2. The van der Waals surface area contributed by atoms with Gasteiger partial charge in [0.25, 0.3) is 0 Å². The normalized spacial score (nSPS) is 25.6. The van der Waals surface area contributed by atoms with Crippen molar-refractivity contribution in [2.75, 3.05) is 0 Å². The van der Waals surface area contributed by atoms with Gasteiger partial charge in [-0.25, -0.2) is 19.6 Å². The summed E-state index contributed by atoms with van der Waals surface area (Å²) in [6.45, 7) is 11.4. The van der Waals surface area contributed by atoms with Gasteiger partial charge in [0.05, 0.1) is 24.0 Å². The van der Waals surface area contributed by atoms with Crippen molar-refractivity contribution < 1.29 is 19.1 Å². The molecular formula is C38H43BrN6O4. The fourth-order valence-electron chi connectivity index (χ4n) is 7.59. The first-order valence-corrected chi connectivity index (χ1v) is 18.1. The van der Waals surface area contributed by atoms with E-state index in [0.717, 1.165) is 75.6 Å². The summed E-state index contributed by atoms with van der Waals surface area (Å²) in [5, 5.41) is 0. The lowest BCUT2D eigenvalue weighted by Gasteiger charge is -2.29. The van der Waals surface area contributed by atoms with Crippen LogP contribution in [-0.2, 0) is 9.47 Å². The van der Waals surface area contributed by atoms with Gasteiger partial charge in [0, 0.05) is 17.6 Å². The molecule has 2 unspecified atom stereocenters. The van der Waals surface area contributed by atoms with E-state index in [0.29, 0.717) is 11.8 Å². The zero-order valence-corrected chi connectivity index (χ0v) is 30.4. The zero-order chi connectivity index (χ0) is 34.4. The number of aromatic nitrogens is 4. The van der Waals surface area contributed by atoms with E-state index in [9.17, 15) is 9.59 Å². The summed E-state index contributed by atoms with van der Waals surface area (Å²) in [7, 11) is 0. The van der Waals surface area contributed by atoms with Crippen molar-refractivity contribution in [1.29, 1.82) is 0 Å². The molecule has 2 aromatic heterocycles. The first-order valence-electron chi connectivity index (χ1n) is 17.3. The molecule has 2 aromatic carbocycles. The maximum atomic E-state index is 13.1. The monoisotopic (exact) mass is 726 g/mol. The second-order valence-electron chi connectivity index (χ2n) is 16.0. The van der Waals surface area contributed by atoms with Crippen LogP contribution in [0, 0.1) is 11.8 Å². The number of hydrogen-bond donors (Lipinski definition) is 2. The number of halogens is 1. The SMILES string of the molecule is CC(C)(C)OC(=O)N1C2C[C@@H]2C[C@H]1c1ncc(-c2ccc(-c3ccc(-c4nc([C@@H]5CC6C[C@H]6N5C(=O)OC(C)(C)C)[nH]c4Br)cc3)cc2)[nH]1. The number of hydrogen-bond acceptors (Lipinski definition) is 6. The highest BCUT2D eigenvalue weighted by Gasteiger charge is 2.57. The first kappa shape index (κ1) is 32.1. The minimum Gasteiger partial charge on any atom is -0.444 e. The molecule has 49 heavy (non-hydrogen) atoms. The third kappa shape index (κ3) is 6.26. The van der Waals surface area contributed by atoms with E-state index in [2.05, 4.69) is 74.4 Å². The standard InChI is InChI=1S/C38H43BrN6O4/c1-37(2,3)48-35(46)44-27-15-24(27)17-29(44)33-40-19-26(41-33)22-11-7-20(8-12-22)21-9-13-23(14-10-21)31-32(39)43-34(42-31)30-18-25-16-28(25)45(30)36(47)49-38(4,5)6/h7-14,19,24-25,27-30H,15-18H2,1-6H3,(H,40,41)(H,42,43)/t24-,25?,27?,28-,29+,30+/m1/s1. The quantitative estimate of drug-likeness (QED) is 0.212. The van der Waals surface area contributed by atoms with Crippen LogP contribution in [0.15, 0.2) is 59.3 Å². The van der Waals surface area contributed by atoms with Crippen LogP contribution in [0.2, 0.25) is 0 Å². The van der Waals surface area contributed by atoms with Crippen molar-refractivity contribution >= 4 is 28.1 Å². The Morgan fingerprint density at radius 1 is 0.694 bits per heavy atom. The van der Waals surface area contributed by atoms with Crippen LogP contribution < -0.4 is 0 Å². The number of rotatable bonds is 5. The predicted molar refractivity (Wildman–Crippen MR) is 189 cm³/mol. The number of amides is 2. The molecule has 2 aliphatic heterocycles. The largest absolute Gasteiger partial charge is 0.444 e. The first-order chi connectivity index (χ1) is 23.2. The van der Waals surface area contributed by atoms with Crippen molar-refractivity contribution in [1.82, 2.24) is 29.7 Å². The van der Waals surface area contributed by atoms with E-state index in [1.807, 2.05) is 57.5 Å². The molecule has 2 amide bonds. The van der Waals surface area contributed by atoms with Gasteiger partial charge in [-0.15, -0.1) is 0 Å². The third-order valence-electron chi connectivity index (χ3n) is 10.0. The van der Waals surface area contributed by atoms with Crippen molar-refractivity contribution in [3.05, 3.63) is 71.0 Å². The lowest BCUT2D eigenvalue weighted by molar-refractivity contribution is 0.0164.